The fraction of sp³-hybridized carbons (Fsp3) is 0.286. The lowest BCUT2D eigenvalue weighted by molar-refractivity contribution is -0.153. The molecule has 0 aromatic heterocycles. The van der Waals surface area contributed by atoms with Crippen LogP contribution in [0.3, 0.4) is 0 Å². The summed E-state index contributed by atoms with van der Waals surface area (Å²) in [6, 6.07) is 18.3. The second-order valence-electron chi connectivity index (χ2n) is 6.44. The zero-order valence-electron chi connectivity index (χ0n) is 14.4. The number of carbonyl (C=O) groups is 2. The third-order valence-corrected chi connectivity index (χ3v) is 4.83. The predicted octanol–water partition coefficient (Wildman–Crippen LogP) is 3.55. The van der Waals surface area contributed by atoms with E-state index in [1.165, 1.54) is 0 Å². The minimum absolute atomic E-state index is 0.357. The maximum absolute atomic E-state index is 12.8. The Hall–Kier alpha value is -3.13. The van der Waals surface area contributed by atoms with Crippen LogP contribution in [-0.2, 0) is 19.7 Å². The number of carbonyl (C=O) groups excluding carboxylic acids is 2. The Morgan fingerprint density at radius 2 is 1.69 bits per heavy atom. The summed E-state index contributed by atoms with van der Waals surface area (Å²) in [6.07, 6.45) is 3.39. The van der Waals surface area contributed by atoms with Gasteiger partial charge >= 0.3 is 5.97 Å². The first-order valence-corrected chi connectivity index (χ1v) is 8.67. The van der Waals surface area contributed by atoms with E-state index in [1.54, 1.807) is 24.3 Å². The van der Waals surface area contributed by atoms with E-state index in [2.05, 4.69) is 5.32 Å². The third-order valence-electron chi connectivity index (χ3n) is 4.83. The summed E-state index contributed by atoms with van der Waals surface area (Å²) in [5.74, 6) is -0.813. The first kappa shape index (κ1) is 17.7. The largest absolute Gasteiger partial charge is 0.455 e. The summed E-state index contributed by atoms with van der Waals surface area (Å²) >= 11 is 0. The van der Waals surface area contributed by atoms with Gasteiger partial charge in [0.05, 0.1) is 16.7 Å². The first-order chi connectivity index (χ1) is 12.7. The summed E-state index contributed by atoms with van der Waals surface area (Å²) in [5, 5.41) is 11.7. The SMILES string of the molecule is N#Cc1ccccc1NC(=O)COC(=O)C1(c2ccccc2)CCCC1. The number of ether oxygens (including phenoxy) is 1. The van der Waals surface area contributed by atoms with Gasteiger partial charge in [-0.05, 0) is 30.5 Å². The quantitative estimate of drug-likeness (QED) is 0.838. The summed E-state index contributed by atoms with van der Waals surface area (Å²) in [7, 11) is 0. The average molecular weight is 348 g/mol. The highest BCUT2D eigenvalue weighted by atomic mass is 16.5. The van der Waals surface area contributed by atoms with E-state index in [4.69, 9.17) is 10.00 Å². The maximum atomic E-state index is 12.8. The van der Waals surface area contributed by atoms with Gasteiger partial charge in [-0.25, -0.2) is 0 Å². The number of para-hydroxylation sites is 1. The van der Waals surface area contributed by atoms with Gasteiger partial charge in [-0.1, -0.05) is 55.3 Å². The van der Waals surface area contributed by atoms with Crippen molar-refractivity contribution in [2.24, 2.45) is 0 Å². The van der Waals surface area contributed by atoms with Crippen molar-refractivity contribution in [3.8, 4) is 6.07 Å². The van der Waals surface area contributed by atoms with Crippen LogP contribution in [0, 0.1) is 11.3 Å². The third kappa shape index (κ3) is 3.60. The molecule has 3 rings (SSSR count). The number of esters is 1. The van der Waals surface area contributed by atoms with Crippen molar-refractivity contribution in [3.63, 3.8) is 0 Å². The number of nitrogens with one attached hydrogen (secondary N) is 1. The predicted molar refractivity (Wildman–Crippen MR) is 97.3 cm³/mol. The number of hydrogen-bond acceptors (Lipinski definition) is 4. The normalized spacial score (nSPS) is 15.0. The lowest BCUT2D eigenvalue weighted by atomic mass is 9.79. The zero-order valence-corrected chi connectivity index (χ0v) is 14.4. The van der Waals surface area contributed by atoms with Crippen LogP contribution in [0.1, 0.15) is 36.8 Å². The van der Waals surface area contributed by atoms with Crippen LogP contribution in [0.2, 0.25) is 0 Å². The van der Waals surface area contributed by atoms with Crippen LogP contribution in [0.25, 0.3) is 0 Å². The van der Waals surface area contributed by atoms with Crippen molar-refractivity contribution in [2.45, 2.75) is 31.1 Å². The van der Waals surface area contributed by atoms with Crippen molar-refractivity contribution in [1.29, 1.82) is 5.26 Å². The molecule has 0 spiro atoms. The maximum Gasteiger partial charge on any atom is 0.317 e. The van der Waals surface area contributed by atoms with Crippen molar-refractivity contribution in [1.82, 2.24) is 0 Å². The second kappa shape index (κ2) is 7.83. The van der Waals surface area contributed by atoms with E-state index in [0.29, 0.717) is 11.3 Å². The van der Waals surface area contributed by atoms with E-state index in [9.17, 15) is 9.59 Å². The van der Waals surface area contributed by atoms with Gasteiger partial charge in [-0.15, -0.1) is 0 Å². The van der Waals surface area contributed by atoms with E-state index in [-0.39, 0.29) is 12.6 Å². The Morgan fingerprint density at radius 3 is 2.38 bits per heavy atom. The molecule has 2 aromatic carbocycles. The Kier molecular flexibility index (Phi) is 5.33. The number of nitrogens with zero attached hydrogens (tertiary/aromatic N) is 1. The number of rotatable bonds is 5. The van der Waals surface area contributed by atoms with E-state index in [1.807, 2.05) is 36.4 Å². The van der Waals surface area contributed by atoms with Crippen LogP contribution in [0.15, 0.2) is 54.6 Å². The number of anilines is 1. The highest BCUT2D eigenvalue weighted by Gasteiger charge is 2.44. The zero-order chi connectivity index (χ0) is 18.4. The van der Waals surface area contributed by atoms with Gasteiger partial charge in [0.25, 0.3) is 5.91 Å². The van der Waals surface area contributed by atoms with Crippen LogP contribution in [0.4, 0.5) is 5.69 Å². The molecule has 2 aromatic rings. The second-order valence-corrected chi connectivity index (χ2v) is 6.44. The van der Waals surface area contributed by atoms with Gasteiger partial charge in [0.15, 0.2) is 6.61 Å². The van der Waals surface area contributed by atoms with Crippen molar-refractivity contribution >= 4 is 17.6 Å². The molecule has 0 unspecified atom stereocenters. The molecule has 1 saturated carbocycles. The Labute approximate surface area is 152 Å². The topological polar surface area (TPSA) is 79.2 Å². The lowest BCUT2D eigenvalue weighted by Gasteiger charge is -2.27. The van der Waals surface area contributed by atoms with E-state index >= 15 is 0 Å². The molecule has 0 bridgehead atoms. The lowest BCUT2D eigenvalue weighted by Crippen LogP contribution is -2.36. The molecule has 1 aliphatic rings. The van der Waals surface area contributed by atoms with Crippen LogP contribution in [-0.4, -0.2) is 18.5 Å². The Morgan fingerprint density at radius 1 is 1.04 bits per heavy atom. The molecule has 0 radical (unpaired) electrons. The fourth-order valence-electron chi connectivity index (χ4n) is 3.49. The van der Waals surface area contributed by atoms with Gasteiger partial charge in [0.2, 0.25) is 0 Å². The number of amides is 1. The van der Waals surface area contributed by atoms with Crippen LogP contribution < -0.4 is 5.32 Å². The smallest absolute Gasteiger partial charge is 0.317 e. The van der Waals surface area contributed by atoms with Crippen molar-refractivity contribution < 1.29 is 14.3 Å². The highest BCUT2D eigenvalue weighted by Crippen LogP contribution is 2.42. The van der Waals surface area contributed by atoms with Gasteiger partial charge < -0.3 is 10.1 Å². The van der Waals surface area contributed by atoms with Gasteiger partial charge in [-0.3, -0.25) is 9.59 Å². The summed E-state index contributed by atoms with van der Waals surface area (Å²) < 4.78 is 5.36. The van der Waals surface area contributed by atoms with E-state index in [0.717, 1.165) is 31.2 Å². The molecule has 0 atom stereocenters. The molecule has 5 nitrogen and oxygen atoms in total. The van der Waals surface area contributed by atoms with E-state index < -0.39 is 11.3 Å². The van der Waals surface area contributed by atoms with Gasteiger partial charge in [-0.2, -0.15) is 5.26 Å². The average Bonchev–Trinajstić information content (AvgIpc) is 3.18. The Bertz CT molecular complexity index is 834. The molecule has 1 aliphatic carbocycles. The minimum Gasteiger partial charge on any atom is -0.455 e. The van der Waals surface area contributed by atoms with Crippen LogP contribution in [0.5, 0.6) is 0 Å². The van der Waals surface area contributed by atoms with Crippen LogP contribution >= 0.6 is 0 Å². The molecule has 0 heterocycles. The van der Waals surface area contributed by atoms with Crippen molar-refractivity contribution in [3.05, 3.63) is 65.7 Å². The molecule has 1 fully saturated rings. The molecule has 0 aliphatic heterocycles. The summed E-state index contributed by atoms with van der Waals surface area (Å²) in [4.78, 5) is 24.9. The standard InChI is InChI=1S/C21H20N2O3/c22-14-16-8-4-5-11-18(16)23-19(24)15-26-20(25)21(12-6-7-13-21)17-9-2-1-3-10-17/h1-5,8-11H,6-7,12-13,15H2,(H,23,24). The molecular weight excluding hydrogens is 328 g/mol. The molecule has 132 valence electrons. The summed E-state index contributed by atoms with van der Waals surface area (Å²) in [5.41, 5.74) is 1.06. The van der Waals surface area contributed by atoms with Gasteiger partial charge in [0, 0.05) is 0 Å². The number of nitriles is 1. The summed E-state index contributed by atoms with van der Waals surface area (Å²) in [6.45, 7) is -0.368. The molecular formula is C21H20N2O3. The van der Waals surface area contributed by atoms with Gasteiger partial charge in [0.1, 0.15) is 6.07 Å². The number of hydrogen-bond donors (Lipinski definition) is 1. The van der Waals surface area contributed by atoms with Crippen molar-refractivity contribution in [2.75, 3.05) is 11.9 Å². The monoisotopic (exact) mass is 348 g/mol. The molecule has 26 heavy (non-hydrogen) atoms. The molecule has 1 amide bonds. The molecule has 1 N–H and O–H groups in total. The fourth-order valence-corrected chi connectivity index (χ4v) is 3.49. The Balaban J connectivity index is 1.66. The molecule has 0 saturated heterocycles. The number of benzene rings is 2. The highest BCUT2D eigenvalue weighted by molar-refractivity contribution is 5.95. The first-order valence-electron chi connectivity index (χ1n) is 8.67. The molecule has 5 heteroatoms. The minimum atomic E-state index is -0.661.